The highest BCUT2D eigenvalue weighted by Gasteiger charge is 2.03. The van der Waals surface area contributed by atoms with Gasteiger partial charge in [-0.05, 0) is 5.92 Å². The van der Waals surface area contributed by atoms with E-state index >= 15 is 0 Å². The van der Waals surface area contributed by atoms with Crippen LogP contribution in [0.3, 0.4) is 0 Å². The van der Waals surface area contributed by atoms with Gasteiger partial charge in [-0.15, -0.1) is 0 Å². The van der Waals surface area contributed by atoms with Gasteiger partial charge < -0.3 is 5.73 Å². The molecule has 1 unspecified atom stereocenters. The summed E-state index contributed by atoms with van der Waals surface area (Å²) in [5.74, 6) is 5.28. The number of rotatable bonds is 4. The number of hydrogen-bond acceptors (Lipinski definition) is 5. The first-order valence-corrected chi connectivity index (χ1v) is 2.90. The third-order valence-corrected chi connectivity index (χ3v) is 1.03. The molecular formula is C4H15N5. The molecule has 0 aliphatic rings. The summed E-state index contributed by atoms with van der Waals surface area (Å²) < 4.78 is 0. The van der Waals surface area contributed by atoms with Crippen molar-refractivity contribution in [1.29, 1.82) is 0 Å². The molecule has 0 aromatic heterocycles. The number of hydrogen-bond donors (Lipinski definition) is 5. The van der Waals surface area contributed by atoms with Gasteiger partial charge in [0.25, 0.3) is 0 Å². The van der Waals surface area contributed by atoms with Crippen LogP contribution < -0.4 is 28.1 Å². The summed E-state index contributed by atoms with van der Waals surface area (Å²) in [5.41, 5.74) is 13.0. The van der Waals surface area contributed by atoms with E-state index in [0.29, 0.717) is 5.92 Å². The van der Waals surface area contributed by atoms with Crippen LogP contribution in [0.4, 0.5) is 0 Å². The Hall–Kier alpha value is -0.200. The van der Waals surface area contributed by atoms with Crippen LogP contribution >= 0.6 is 0 Å². The minimum atomic E-state index is -0.0824. The minimum Gasteiger partial charge on any atom is -0.315 e. The van der Waals surface area contributed by atoms with Crippen molar-refractivity contribution < 1.29 is 0 Å². The van der Waals surface area contributed by atoms with Crippen molar-refractivity contribution in [3.05, 3.63) is 0 Å². The van der Waals surface area contributed by atoms with Crippen LogP contribution in [0.25, 0.3) is 0 Å². The summed E-state index contributed by atoms with van der Waals surface area (Å²) in [5, 5.41) is 0. The summed E-state index contributed by atoms with van der Waals surface area (Å²) in [6, 6.07) is 0. The molecule has 0 fully saturated rings. The minimum absolute atomic E-state index is 0.0824. The maximum absolute atomic E-state index is 5.53. The zero-order valence-corrected chi connectivity index (χ0v) is 5.81. The first-order valence-electron chi connectivity index (χ1n) is 2.90. The Morgan fingerprint density at radius 1 is 1.33 bits per heavy atom. The van der Waals surface area contributed by atoms with E-state index in [1.165, 1.54) is 0 Å². The van der Waals surface area contributed by atoms with Crippen LogP contribution in [0.1, 0.15) is 13.8 Å². The molecule has 0 aliphatic carbocycles. The van der Waals surface area contributed by atoms with Gasteiger partial charge in [-0.3, -0.25) is 5.84 Å². The van der Waals surface area contributed by atoms with E-state index < -0.39 is 0 Å². The van der Waals surface area contributed by atoms with Crippen LogP contribution in [-0.2, 0) is 0 Å². The van der Waals surface area contributed by atoms with Crippen LogP contribution in [0.15, 0.2) is 0 Å². The lowest BCUT2D eigenvalue weighted by molar-refractivity contribution is 0.322. The molecule has 0 saturated carbocycles. The van der Waals surface area contributed by atoms with Crippen LogP contribution in [0, 0.1) is 5.92 Å². The third-order valence-electron chi connectivity index (χ3n) is 1.03. The Kier molecular flexibility index (Phi) is 4.55. The van der Waals surface area contributed by atoms with Crippen LogP contribution in [0.5, 0.6) is 0 Å². The Morgan fingerprint density at radius 3 is 2.22 bits per heavy atom. The van der Waals surface area contributed by atoms with Crippen molar-refractivity contribution in [2.45, 2.75) is 20.0 Å². The highest BCUT2D eigenvalue weighted by atomic mass is 15.7. The van der Waals surface area contributed by atoms with Crippen molar-refractivity contribution in [1.82, 2.24) is 16.5 Å². The SMILES string of the molecule is CC(C)C(N)NNNN. The Labute approximate surface area is 55.1 Å². The predicted octanol–water partition coefficient (Wildman–Crippen LogP) is -1.60. The lowest BCUT2D eigenvalue weighted by Gasteiger charge is -2.16. The maximum Gasteiger partial charge on any atom is 0.0716 e. The molecule has 0 heterocycles. The van der Waals surface area contributed by atoms with Crippen molar-refractivity contribution in [3.63, 3.8) is 0 Å². The molecular weight excluding hydrogens is 118 g/mol. The fourth-order valence-electron chi connectivity index (χ4n) is 0.292. The Morgan fingerprint density at radius 2 is 1.89 bits per heavy atom. The highest BCUT2D eigenvalue weighted by Crippen LogP contribution is 1.91. The standard InChI is InChI=1S/C4H15N5/c1-3(2)4(5)7-9-8-6/h3-4,7-9H,5-6H2,1-2H3. The average molecular weight is 133 g/mol. The van der Waals surface area contributed by atoms with E-state index in [9.17, 15) is 0 Å². The number of hydrazine groups is 3. The molecule has 5 nitrogen and oxygen atoms in total. The predicted molar refractivity (Wildman–Crippen MR) is 36.4 cm³/mol. The van der Waals surface area contributed by atoms with Gasteiger partial charge in [0.1, 0.15) is 0 Å². The molecule has 5 heteroatoms. The molecule has 0 aromatic rings. The maximum atomic E-state index is 5.53. The van der Waals surface area contributed by atoms with Crippen molar-refractivity contribution in [2.75, 3.05) is 0 Å². The van der Waals surface area contributed by atoms with E-state index in [1.807, 2.05) is 13.8 Å². The molecule has 0 bridgehead atoms. The van der Waals surface area contributed by atoms with Crippen molar-refractivity contribution >= 4 is 0 Å². The van der Waals surface area contributed by atoms with E-state index in [2.05, 4.69) is 16.5 Å². The molecule has 0 radical (unpaired) electrons. The van der Waals surface area contributed by atoms with E-state index in [4.69, 9.17) is 11.6 Å². The molecule has 0 spiro atoms. The second-order valence-corrected chi connectivity index (χ2v) is 2.18. The fraction of sp³-hybridized carbons (Fsp3) is 1.00. The molecule has 0 saturated heterocycles. The summed E-state index contributed by atoms with van der Waals surface area (Å²) in [4.78, 5) is 0. The van der Waals surface area contributed by atoms with Gasteiger partial charge in [-0.25, -0.2) is 5.43 Å². The normalized spacial score (nSPS) is 14.3. The first kappa shape index (κ1) is 8.80. The van der Waals surface area contributed by atoms with Gasteiger partial charge in [-0.2, -0.15) is 11.1 Å². The van der Waals surface area contributed by atoms with E-state index in [1.54, 1.807) is 0 Å². The molecule has 0 amide bonds. The van der Waals surface area contributed by atoms with E-state index in [-0.39, 0.29) is 6.17 Å². The van der Waals surface area contributed by atoms with Gasteiger partial charge >= 0.3 is 0 Å². The topological polar surface area (TPSA) is 88.1 Å². The second kappa shape index (κ2) is 4.66. The largest absolute Gasteiger partial charge is 0.315 e. The summed E-state index contributed by atoms with van der Waals surface area (Å²) in [7, 11) is 0. The Balaban J connectivity index is 3.16. The molecule has 1 atom stereocenters. The zero-order valence-electron chi connectivity index (χ0n) is 5.81. The lowest BCUT2D eigenvalue weighted by Crippen LogP contribution is -2.56. The van der Waals surface area contributed by atoms with Gasteiger partial charge in [0.15, 0.2) is 0 Å². The Bertz CT molecular complexity index is 64.0. The molecule has 0 rings (SSSR count). The van der Waals surface area contributed by atoms with Gasteiger partial charge in [0, 0.05) is 0 Å². The molecule has 0 aliphatic heterocycles. The third kappa shape index (κ3) is 4.31. The smallest absolute Gasteiger partial charge is 0.0716 e. The molecule has 56 valence electrons. The van der Waals surface area contributed by atoms with Gasteiger partial charge in [-0.1, -0.05) is 13.8 Å². The zero-order chi connectivity index (χ0) is 7.28. The summed E-state index contributed by atoms with van der Waals surface area (Å²) in [6.07, 6.45) is -0.0824. The van der Waals surface area contributed by atoms with Gasteiger partial charge in [0.05, 0.1) is 6.17 Å². The summed E-state index contributed by atoms with van der Waals surface area (Å²) in [6.45, 7) is 4.02. The summed E-state index contributed by atoms with van der Waals surface area (Å²) >= 11 is 0. The molecule has 9 heavy (non-hydrogen) atoms. The monoisotopic (exact) mass is 133 g/mol. The first-order chi connectivity index (χ1) is 4.18. The highest BCUT2D eigenvalue weighted by molar-refractivity contribution is 4.57. The average Bonchev–Trinajstić information content (AvgIpc) is 1.82. The number of nitrogens with two attached hydrogens (primary N) is 2. The van der Waals surface area contributed by atoms with Crippen molar-refractivity contribution in [2.24, 2.45) is 17.5 Å². The van der Waals surface area contributed by atoms with Crippen molar-refractivity contribution in [3.8, 4) is 0 Å². The van der Waals surface area contributed by atoms with Crippen LogP contribution in [0.2, 0.25) is 0 Å². The molecule has 0 aromatic carbocycles. The van der Waals surface area contributed by atoms with Gasteiger partial charge in [0.2, 0.25) is 0 Å². The lowest BCUT2D eigenvalue weighted by atomic mass is 10.2. The quantitative estimate of drug-likeness (QED) is 0.181. The second-order valence-electron chi connectivity index (χ2n) is 2.18. The van der Waals surface area contributed by atoms with E-state index in [0.717, 1.165) is 0 Å². The fourth-order valence-corrected chi connectivity index (χ4v) is 0.292. The number of nitrogens with one attached hydrogen (secondary N) is 3. The molecule has 7 N–H and O–H groups in total. The van der Waals surface area contributed by atoms with Crippen LogP contribution in [-0.4, -0.2) is 6.17 Å².